The predicted octanol–water partition coefficient (Wildman–Crippen LogP) is 3.16. The van der Waals surface area contributed by atoms with Gasteiger partial charge < -0.3 is 10.6 Å². The summed E-state index contributed by atoms with van der Waals surface area (Å²) in [6.07, 6.45) is 6.70. The van der Waals surface area contributed by atoms with Crippen molar-refractivity contribution >= 4 is 11.3 Å². The number of nitrogens with one attached hydrogen (secondary N) is 2. The van der Waals surface area contributed by atoms with Crippen LogP contribution >= 0.6 is 11.3 Å². The van der Waals surface area contributed by atoms with Gasteiger partial charge in [0, 0.05) is 23.5 Å². The van der Waals surface area contributed by atoms with E-state index in [0.717, 1.165) is 6.54 Å². The number of aryl methyl sites for hydroxylation is 2. The van der Waals surface area contributed by atoms with Gasteiger partial charge in [-0.1, -0.05) is 12.8 Å². The van der Waals surface area contributed by atoms with Gasteiger partial charge in [-0.3, -0.25) is 0 Å². The second-order valence-electron chi connectivity index (χ2n) is 5.76. The lowest BCUT2D eigenvalue weighted by Gasteiger charge is -2.21. The number of rotatable bonds is 5. The van der Waals surface area contributed by atoms with Gasteiger partial charge in [-0.25, -0.2) is 4.98 Å². The Morgan fingerprint density at radius 3 is 2.95 bits per heavy atom. The maximum atomic E-state index is 4.48. The molecule has 4 heteroatoms. The number of hydrogen-bond donors (Lipinski definition) is 2. The smallest absolute Gasteiger partial charge is 0.0900 e. The Morgan fingerprint density at radius 2 is 2.21 bits per heavy atom. The molecular formula is C15H27N3S. The molecule has 19 heavy (non-hydrogen) atoms. The highest BCUT2D eigenvalue weighted by molar-refractivity contribution is 7.11. The van der Waals surface area contributed by atoms with Crippen molar-refractivity contribution in [2.75, 3.05) is 6.54 Å². The number of thiazole rings is 1. The fourth-order valence-electron chi connectivity index (χ4n) is 2.82. The fraction of sp³-hybridized carbons (Fsp3) is 0.800. The highest BCUT2D eigenvalue weighted by atomic mass is 32.1. The maximum Gasteiger partial charge on any atom is 0.0900 e. The summed E-state index contributed by atoms with van der Waals surface area (Å²) in [6, 6.07) is 1.27. The van der Waals surface area contributed by atoms with Crippen LogP contribution < -0.4 is 10.6 Å². The Balaban J connectivity index is 1.74. The van der Waals surface area contributed by atoms with Crippen LogP contribution in [-0.4, -0.2) is 23.6 Å². The van der Waals surface area contributed by atoms with Gasteiger partial charge in [-0.2, -0.15) is 0 Å². The topological polar surface area (TPSA) is 37.0 Å². The van der Waals surface area contributed by atoms with E-state index in [0.29, 0.717) is 12.1 Å². The average molecular weight is 281 g/mol. The van der Waals surface area contributed by atoms with Gasteiger partial charge in [-0.05, 0) is 46.6 Å². The van der Waals surface area contributed by atoms with E-state index in [9.17, 15) is 0 Å². The van der Waals surface area contributed by atoms with Crippen LogP contribution in [0.15, 0.2) is 0 Å². The summed E-state index contributed by atoms with van der Waals surface area (Å²) in [5.74, 6) is 0. The molecule has 1 saturated heterocycles. The Labute approximate surface area is 121 Å². The van der Waals surface area contributed by atoms with Gasteiger partial charge in [-0.15, -0.1) is 11.3 Å². The summed E-state index contributed by atoms with van der Waals surface area (Å²) in [6.45, 7) is 8.66. The first-order chi connectivity index (χ1) is 9.15. The number of nitrogens with zero attached hydrogens (tertiary/aromatic N) is 1. The molecule has 3 nitrogen and oxygen atoms in total. The van der Waals surface area contributed by atoms with E-state index in [2.05, 4.69) is 36.4 Å². The second kappa shape index (κ2) is 7.36. The summed E-state index contributed by atoms with van der Waals surface area (Å²) in [4.78, 5) is 5.87. The van der Waals surface area contributed by atoms with Crippen molar-refractivity contribution in [3.8, 4) is 0 Å². The zero-order valence-corrected chi connectivity index (χ0v) is 13.3. The third-order valence-corrected chi connectivity index (χ3v) is 4.98. The van der Waals surface area contributed by atoms with Crippen LogP contribution in [0.1, 0.15) is 54.6 Å². The van der Waals surface area contributed by atoms with Crippen molar-refractivity contribution in [2.45, 2.75) is 71.5 Å². The maximum absolute atomic E-state index is 4.48. The van der Waals surface area contributed by atoms with Crippen molar-refractivity contribution in [1.82, 2.24) is 15.6 Å². The fourth-order valence-corrected chi connectivity index (χ4v) is 3.70. The first kappa shape index (κ1) is 14.9. The molecule has 1 aromatic rings. The zero-order valence-electron chi connectivity index (χ0n) is 12.5. The van der Waals surface area contributed by atoms with Crippen LogP contribution in [0.25, 0.3) is 0 Å². The molecule has 0 aromatic carbocycles. The van der Waals surface area contributed by atoms with E-state index >= 15 is 0 Å². The third kappa shape index (κ3) is 4.86. The van der Waals surface area contributed by atoms with E-state index in [4.69, 9.17) is 0 Å². The van der Waals surface area contributed by atoms with Crippen molar-refractivity contribution in [3.05, 3.63) is 15.6 Å². The first-order valence-electron chi connectivity index (χ1n) is 7.55. The van der Waals surface area contributed by atoms with Crippen LogP contribution in [-0.2, 0) is 6.54 Å². The number of hydrogen-bond acceptors (Lipinski definition) is 4. The highest BCUT2D eigenvalue weighted by Crippen LogP contribution is 2.17. The van der Waals surface area contributed by atoms with Crippen molar-refractivity contribution < 1.29 is 0 Å². The van der Waals surface area contributed by atoms with Crippen LogP contribution in [0.3, 0.4) is 0 Å². The van der Waals surface area contributed by atoms with Gasteiger partial charge in [0.1, 0.15) is 0 Å². The van der Waals surface area contributed by atoms with Crippen LogP contribution in [0, 0.1) is 13.8 Å². The minimum atomic E-state index is 0.567. The molecule has 0 saturated carbocycles. The summed E-state index contributed by atoms with van der Waals surface area (Å²) < 4.78 is 0. The van der Waals surface area contributed by atoms with Crippen LogP contribution in [0.5, 0.6) is 0 Å². The Bertz CT molecular complexity index is 381. The molecule has 0 amide bonds. The van der Waals surface area contributed by atoms with Crippen molar-refractivity contribution in [3.63, 3.8) is 0 Å². The average Bonchev–Trinajstić information content (AvgIpc) is 2.56. The molecule has 1 aromatic heterocycles. The van der Waals surface area contributed by atoms with Gasteiger partial charge >= 0.3 is 0 Å². The van der Waals surface area contributed by atoms with Gasteiger partial charge in [0.2, 0.25) is 0 Å². The largest absolute Gasteiger partial charge is 0.314 e. The summed E-state index contributed by atoms with van der Waals surface area (Å²) in [5, 5.41) is 8.50. The molecule has 1 fully saturated rings. The minimum absolute atomic E-state index is 0.567. The van der Waals surface area contributed by atoms with Crippen molar-refractivity contribution in [1.29, 1.82) is 0 Å². The number of aromatic nitrogens is 1. The summed E-state index contributed by atoms with van der Waals surface area (Å²) in [7, 11) is 0. The molecule has 1 aliphatic heterocycles. The lowest BCUT2D eigenvalue weighted by atomic mass is 10.0. The molecule has 108 valence electrons. The van der Waals surface area contributed by atoms with E-state index in [-0.39, 0.29) is 0 Å². The lowest BCUT2D eigenvalue weighted by Crippen LogP contribution is -2.36. The molecule has 2 N–H and O–H groups in total. The quantitative estimate of drug-likeness (QED) is 0.870. The summed E-state index contributed by atoms with van der Waals surface area (Å²) >= 11 is 1.82. The summed E-state index contributed by atoms with van der Waals surface area (Å²) in [5.41, 5.74) is 1.19. The van der Waals surface area contributed by atoms with Gasteiger partial charge in [0.15, 0.2) is 0 Å². The Kier molecular flexibility index (Phi) is 5.79. The lowest BCUT2D eigenvalue weighted by molar-refractivity contribution is 0.403. The van der Waals surface area contributed by atoms with Gasteiger partial charge in [0.25, 0.3) is 0 Å². The van der Waals surface area contributed by atoms with Crippen LogP contribution in [0.2, 0.25) is 0 Å². The van der Waals surface area contributed by atoms with E-state index in [1.165, 1.54) is 54.2 Å². The van der Waals surface area contributed by atoms with Gasteiger partial charge in [0.05, 0.1) is 10.7 Å². The molecule has 0 spiro atoms. The van der Waals surface area contributed by atoms with Crippen LogP contribution in [0.4, 0.5) is 0 Å². The SMILES string of the molecule is Cc1nc(C)c(CNC(C)CC2CCCCCN2)s1. The molecule has 2 atom stereocenters. The zero-order chi connectivity index (χ0) is 13.7. The molecular weight excluding hydrogens is 254 g/mol. The molecule has 2 rings (SSSR count). The minimum Gasteiger partial charge on any atom is -0.314 e. The Hall–Kier alpha value is -0.450. The molecule has 0 radical (unpaired) electrons. The Morgan fingerprint density at radius 1 is 1.37 bits per heavy atom. The second-order valence-corrected chi connectivity index (χ2v) is 7.05. The van der Waals surface area contributed by atoms with E-state index in [1.54, 1.807) is 0 Å². The first-order valence-corrected chi connectivity index (χ1v) is 8.36. The standard InChI is InChI=1S/C15H27N3S/c1-11(9-14-7-5-4-6-8-16-14)17-10-15-12(2)18-13(3)19-15/h11,14,16-17H,4-10H2,1-3H3. The normalized spacial score (nSPS) is 22.2. The highest BCUT2D eigenvalue weighted by Gasteiger charge is 2.15. The molecule has 0 aliphatic carbocycles. The molecule has 2 unspecified atom stereocenters. The third-order valence-electron chi connectivity index (χ3n) is 3.91. The van der Waals surface area contributed by atoms with E-state index < -0.39 is 0 Å². The monoisotopic (exact) mass is 281 g/mol. The van der Waals surface area contributed by atoms with Crippen molar-refractivity contribution in [2.24, 2.45) is 0 Å². The molecule has 1 aliphatic rings. The molecule has 2 heterocycles. The molecule has 0 bridgehead atoms. The van der Waals surface area contributed by atoms with E-state index in [1.807, 2.05) is 11.3 Å². The predicted molar refractivity (Wildman–Crippen MR) is 82.8 cm³/mol.